The van der Waals surface area contributed by atoms with Crippen LogP contribution in [0, 0.1) is 0 Å². The number of rotatable bonds is 4. The maximum Gasteiger partial charge on any atom is 0.332 e. The van der Waals surface area contributed by atoms with Crippen LogP contribution in [-0.2, 0) is 4.79 Å². The van der Waals surface area contributed by atoms with Gasteiger partial charge in [-0.15, -0.1) is 0 Å². The summed E-state index contributed by atoms with van der Waals surface area (Å²) in [7, 11) is 0. The molecule has 0 atom stereocenters. The zero-order chi connectivity index (χ0) is 10.2. The zero-order valence-electron chi connectivity index (χ0n) is 7.93. The highest BCUT2D eigenvalue weighted by Gasteiger charge is 2.01. The Morgan fingerprint density at radius 1 is 1.50 bits per heavy atom. The maximum atomic E-state index is 11.1. The Bertz CT molecular complexity index is 309. The van der Waals surface area contributed by atoms with Crippen molar-refractivity contribution in [2.24, 2.45) is 5.10 Å². The van der Waals surface area contributed by atoms with Gasteiger partial charge in [-0.3, -0.25) is 5.43 Å². The van der Waals surface area contributed by atoms with Crippen molar-refractivity contribution in [2.75, 3.05) is 6.54 Å². The van der Waals surface area contributed by atoms with E-state index in [1.54, 1.807) is 37.4 Å². The lowest BCUT2D eigenvalue weighted by molar-refractivity contribution is -0.133. The van der Waals surface area contributed by atoms with Crippen molar-refractivity contribution in [2.45, 2.75) is 6.92 Å². The van der Waals surface area contributed by atoms with E-state index in [2.05, 4.69) is 10.5 Å². The Kier molecular flexibility index (Phi) is 4.20. The second-order valence-electron chi connectivity index (χ2n) is 2.51. The lowest BCUT2D eigenvalue weighted by atomic mass is 10.3. The highest BCUT2D eigenvalue weighted by molar-refractivity contribution is 5.74. The van der Waals surface area contributed by atoms with Gasteiger partial charge >= 0.3 is 5.97 Å². The molecule has 0 aliphatic heterocycles. The fraction of sp³-hybridized carbons (Fsp3) is 0.200. The summed E-state index contributed by atoms with van der Waals surface area (Å²) in [5.41, 5.74) is 2.55. The Morgan fingerprint density at radius 2 is 2.21 bits per heavy atom. The Hall–Kier alpha value is -1.84. The van der Waals surface area contributed by atoms with E-state index in [1.165, 1.54) is 0 Å². The van der Waals surface area contributed by atoms with Gasteiger partial charge in [0.1, 0.15) is 12.3 Å². The van der Waals surface area contributed by atoms with Crippen LogP contribution in [0.3, 0.4) is 0 Å². The number of hydrogen-bond donors (Lipinski definition) is 1. The standard InChI is InChI=1S/C10H12N2O2/c1-2-11-12-8-10(13)14-9-6-4-3-5-7-9/h2-7,12H,8H2,1H3/b11-2-. The van der Waals surface area contributed by atoms with Crippen molar-refractivity contribution < 1.29 is 9.53 Å². The van der Waals surface area contributed by atoms with Gasteiger partial charge in [0.25, 0.3) is 0 Å². The van der Waals surface area contributed by atoms with Crippen LogP contribution in [0.5, 0.6) is 5.75 Å². The Balaban J connectivity index is 2.34. The summed E-state index contributed by atoms with van der Waals surface area (Å²) >= 11 is 0. The minimum Gasteiger partial charge on any atom is -0.425 e. The van der Waals surface area contributed by atoms with Crippen LogP contribution in [-0.4, -0.2) is 18.7 Å². The van der Waals surface area contributed by atoms with E-state index in [-0.39, 0.29) is 12.5 Å². The minimum absolute atomic E-state index is 0.0687. The predicted molar refractivity (Wildman–Crippen MR) is 54.2 cm³/mol. The van der Waals surface area contributed by atoms with E-state index in [0.717, 1.165) is 0 Å². The summed E-state index contributed by atoms with van der Waals surface area (Å²) in [6.45, 7) is 1.83. The minimum atomic E-state index is -0.359. The number of carbonyl (C=O) groups is 1. The van der Waals surface area contributed by atoms with Crippen molar-refractivity contribution in [3.63, 3.8) is 0 Å². The first-order chi connectivity index (χ1) is 6.83. The third-order valence-corrected chi connectivity index (χ3v) is 1.42. The van der Waals surface area contributed by atoms with Gasteiger partial charge in [-0.1, -0.05) is 18.2 Å². The van der Waals surface area contributed by atoms with E-state index in [9.17, 15) is 4.79 Å². The summed E-state index contributed by atoms with van der Waals surface area (Å²) in [5, 5.41) is 3.68. The molecule has 1 N–H and O–H groups in total. The van der Waals surface area contributed by atoms with Crippen LogP contribution in [0.25, 0.3) is 0 Å². The molecule has 0 saturated heterocycles. The molecule has 0 fully saturated rings. The first kappa shape index (κ1) is 10.2. The molecule has 1 aromatic rings. The molecule has 0 unspecified atom stereocenters. The van der Waals surface area contributed by atoms with Crippen LogP contribution in [0.1, 0.15) is 6.92 Å². The molecular weight excluding hydrogens is 180 g/mol. The smallest absolute Gasteiger partial charge is 0.332 e. The van der Waals surface area contributed by atoms with Crippen LogP contribution in [0.2, 0.25) is 0 Å². The molecule has 0 heterocycles. The number of nitrogens with zero attached hydrogens (tertiary/aromatic N) is 1. The highest BCUT2D eigenvalue weighted by atomic mass is 16.5. The number of hydrazone groups is 1. The van der Waals surface area contributed by atoms with Gasteiger partial charge in [0.15, 0.2) is 0 Å². The van der Waals surface area contributed by atoms with E-state index >= 15 is 0 Å². The molecule has 0 aliphatic rings. The molecule has 14 heavy (non-hydrogen) atoms. The Labute approximate surface area is 82.6 Å². The molecule has 4 nitrogen and oxygen atoms in total. The predicted octanol–water partition coefficient (Wildman–Crippen LogP) is 1.19. The summed E-state index contributed by atoms with van der Waals surface area (Å²) in [4.78, 5) is 11.1. The zero-order valence-corrected chi connectivity index (χ0v) is 7.93. The molecule has 1 aromatic carbocycles. The average molecular weight is 192 g/mol. The highest BCUT2D eigenvalue weighted by Crippen LogP contribution is 2.07. The molecule has 4 heteroatoms. The van der Waals surface area contributed by atoms with Crippen LogP contribution in [0.4, 0.5) is 0 Å². The molecule has 0 aromatic heterocycles. The number of ether oxygens (including phenoxy) is 1. The van der Waals surface area contributed by atoms with Gasteiger partial charge in [-0.2, -0.15) is 5.10 Å². The number of carbonyl (C=O) groups excluding carboxylic acids is 1. The van der Waals surface area contributed by atoms with E-state index < -0.39 is 0 Å². The summed E-state index contributed by atoms with van der Waals surface area (Å²) in [5.74, 6) is 0.182. The van der Waals surface area contributed by atoms with Crippen molar-refractivity contribution in [3.05, 3.63) is 30.3 Å². The SMILES string of the molecule is C/C=N\NCC(=O)Oc1ccccc1. The number of para-hydroxylation sites is 1. The van der Waals surface area contributed by atoms with Crippen molar-refractivity contribution in [3.8, 4) is 5.75 Å². The van der Waals surface area contributed by atoms with Gasteiger partial charge < -0.3 is 4.74 Å². The van der Waals surface area contributed by atoms with Gasteiger partial charge in [-0.25, -0.2) is 4.79 Å². The lowest BCUT2D eigenvalue weighted by Crippen LogP contribution is -2.22. The number of hydrogen-bond acceptors (Lipinski definition) is 4. The molecule has 0 aliphatic carbocycles. The van der Waals surface area contributed by atoms with E-state index in [0.29, 0.717) is 5.75 Å². The molecule has 1 rings (SSSR count). The van der Waals surface area contributed by atoms with Crippen molar-refractivity contribution in [1.29, 1.82) is 0 Å². The van der Waals surface area contributed by atoms with E-state index in [4.69, 9.17) is 4.74 Å². The topological polar surface area (TPSA) is 50.7 Å². The monoisotopic (exact) mass is 192 g/mol. The molecule has 0 bridgehead atoms. The fourth-order valence-electron chi connectivity index (χ4n) is 0.858. The fourth-order valence-corrected chi connectivity index (χ4v) is 0.858. The second kappa shape index (κ2) is 5.75. The third kappa shape index (κ3) is 3.71. The molecule has 0 spiro atoms. The number of nitrogens with one attached hydrogen (secondary N) is 1. The third-order valence-electron chi connectivity index (χ3n) is 1.42. The molecule has 0 radical (unpaired) electrons. The summed E-state index contributed by atoms with van der Waals surface area (Å²) in [6, 6.07) is 8.92. The molecule has 74 valence electrons. The van der Waals surface area contributed by atoms with Crippen molar-refractivity contribution >= 4 is 12.2 Å². The first-order valence-electron chi connectivity index (χ1n) is 4.29. The lowest BCUT2D eigenvalue weighted by Gasteiger charge is -2.02. The van der Waals surface area contributed by atoms with Crippen LogP contribution in [0.15, 0.2) is 35.4 Å². The van der Waals surface area contributed by atoms with Crippen LogP contribution < -0.4 is 10.2 Å². The van der Waals surface area contributed by atoms with Gasteiger partial charge in [-0.05, 0) is 19.1 Å². The second-order valence-corrected chi connectivity index (χ2v) is 2.51. The summed E-state index contributed by atoms with van der Waals surface area (Å²) in [6.07, 6.45) is 1.57. The maximum absolute atomic E-state index is 11.1. The molecular formula is C10H12N2O2. The number of esters is 1. The van der Waals surface area contributed by atoms with Crippen LogP contribution >= 0.6 is 0 Å². The molecule has 0 amide bonds. The molecule has 0 saturated carbocycles. The number of benzene rings is 1. The van der Waals surface area contributed by atoms with Gasteiger partial charge in [0, 0.05) is 6.21 Å². The van der Waals surface area contributed by atoms with Crippen molar-refractivity contribution in [1.82, 2.24) is 5.43 Å². The first-order valence-corrected chi connectivity index (χ1v) is 4.29. The summed E-state index contributed by atoms with van der Waals surface area (Å²) < 4.78 is 4.99. The normalized spacial score (nSPS) is 10.1. The van der Waals surface area contributed by atoms with Gasteiger partial charge in [0.2, 0.25) is 0 Å². The van der Waals surface area contributed by atoms with E-state index in [1.807, 2.05) is 6.07 Å². The average Bonchev–Trinajstić information content (AvgIpc) is 2.20. The Morgan fingerprint density at radius 3 is 2.86 bits per heavy atom. The van der Waals surface area contributed by atoms with Gasteiger partial charge in [0.05, 0.1) is 0 Å². The quantitative estimate of drug-likeness (QED) is 0.337. The largest absolute Gasteiger partial charge is 0.425 e.